The summed E-state index contributed by atoms with van der Waals surface area (Å²) in [4.78, 5) is 23.8. The van der Waals surface area contributed by atoms with Gasteiger partial charge in [0.05, 0.1) is 5.54 Å². The lowest BCUT2D eigenvalue weighted by Crippen LogP contribution is -2.56. The van der Waals surface area contributed by atoms with Gasteiger partial charge in [-0.3, -0.25) is 9.59 Å². The zero-order valence-electron chi connectivity index (χ0n) is 11.3. The van der Waals surface area contributed by atoms with E-state index in [0.29, 0.717) is 17.3 Å². The fraction of sp³-hybridized carbons (Fsp3) is 0.467. The van der Waals surface area contributed by atoms with Gasteiger partial charge in [0.15, 0.2) is 0 Å². The molecule has 2 saturated carbocycles. The first-order valence-electron chi connectivity index (χ1n) is 7.08. The third-order valence-electron chi connectivity index (χ3n) is 4.02. The number of anilines is 1. The molecule has 0 bridgehead atoms. The molecule has 0 aliphatic heterocycles. The van der Waals surface area contributed by atoms with E-state index >= 15 is 0 Å². The summed E-state index contributed by atoms with van der Waals surface area (Å²) in [7, 11) is 0. The summed E-state index contributed by atoms with van der Waals surface area (Å²) in [6, 6.07) is 7.26. The van der Waals surface area contributed by atoms with Crippen LogP contribution in [0.1, 0.15) is 42.5 Å². The van der Waals surface area contributed by atoms with Crippen LogP contribution in [0.4, 0.5) is 5.69 Å². The number of benzene rings is 1. The summed E-state index contributed by atoms with van der Waals surface area (Å²) in [6.07, 6.45) is 4.61. The van der Waals surface area contributed by atoms with E-state index in [9.17, 15) is 9.59 Å². The van der Waals surface area contributed by atoms with Crippen molar-refractivity contribution in [1.29, 1.82) is 0 Å². The van der Waals surface area contributed by atoms with Gasteiger partial charge < -0.3 is 16.4 Å². The van der Waals surface area contributed by atoms with Gasteiger partial charge in [-0.2, -0.15) is 0 Å². The lowest BCUT2D eigenvalue weighted by molar-refractivity contribution is -0.123. The Bertz CT molecular complexity index is 531. The third kappa shape index (κ3) is 2.67. The molecule has 5 heteroatoms. The standard InChI is InChI=1S/C15H19N3O2/c16-15(8-1-9-15)14(20)18-12-4-2-10(3-5-12)13(19)17-11-6-7-11/h2-5,11H,1,6-9,16H2,(H,17,19)(H,18,20). The van der Waals surface area contributed by atoms with Gasteiger partial charge in [-0.05, 0) is 56.4 Å². The zero-order chi connectivity index (χ0) is 14.2. The van der Waals surface area contributed by atoms with Crippen LogP contribution in [0.25, 0.3) is 0 Å². The highest BCUT2D eigenvalue weighted by molar-refractivity contribution is 5.99. The second kappa shape index (κ2) is 4.90. The molecule has 4 N–H and O–H groups in total. The largest absolute Gasteiger partial charge is 0.349 e. The van der Waals surface area contributed by atoms with Crippen molar-refractivity contribution in [3.05, 3.63) is 29.8 Å². The van der Waals surface area contributed by atoms with E-state index in [4.69, 9.17) is 5.73 Å². The van der Waals surface area contributed by atoms with Crippen molar-refractivity contribution >= 4 is 17.5 Å². The predicted octanol–water partition coefficient (Wildman–Crippen LogP) is 1.40. The van der Waals surface area contributed by atoms with Gasteiger partial charge >= 0.3 is 0 Å². The van der Waals surface area contributed by atoms with E-state index in [1.165, 1.54) is 0 Å². The summed E-state index contributed by atoms with van der Waals surface area (Å²) in [6.45, 7) is 0. The molecule has 1 aromatic carbocycles. The molecule has 0 unspecified atom stereocenters. The molecule has 1 aromatic rings. The van der Waals surface area contributed by atoms with E-state index in [1.54, 1.807) is 24.3 Å². The van der Waals surface area contributed by atoms with Crippen molar-refractivity contribution in [2.24, 2.45) is 5.73 Å². The Morgan fingerprint density at radius 1 is 1.15 bits per heavy atom. The van der Waals surface area contributed by atoms with Gasteiger partial charge in [0.1, 0.15) is 0 Å². The SMILES string of the molecule is NC1(C(=O)Nc2ccc(C(=O)NC3CC3)cc2)CCC1. The molecule has 0 aromatic heterocycles. The molecule has 20 heavy (non-hydrogen) atoms. The summed E-state index contributed by atoms with van der Waals surface area (Å²) in [5, 5.41) is 5.73. The first-order valence-corrected chi connectivity index (χ1v) is 7.08. The summed E-state index contributed by atoms with van der Waals surface area (Å²) in [5.74, 6) is -0.196. The highest BCUT2D eigenvalue weighted by Gasteiger charge is 2.40. The average Bonchev–Trinajstić information content (AvgIpc) is 3.20. The fourth-order valence-corrected chi connectivity index (χ4v) is 2.24. The molecule has 2 amide bonds. The second-order valence-electron chi connectivity index (χ2n) is 5.79. The molecule has 3 rings (SSSR count). The fourth-order valence-electron chi connectivity index (χ4n) is 2.24. The number of nitrogens with two attached hydrogens (primary N) is 1. The number of amides is 2. The number of hydrogen-bond donors (Lipinski definition) is 3. The van der Waals surface area contributed by atoms with E-state index < -0.39 is 5.54 Å². The summed E-state index contributed by atoms with van der Waals surface area (Å²) in [5.41, 5.74) is 6.54. The predicted molar refractivity (Wildman–Crippen MR) is 76.3 cm³/mol. The maximum Gasteiger partial charge on any atom is 0.251 e. The normalized spacial score (nSPS) is 19.9. The van der Waals surface area contributed by atoms with Crippen LogP contribution in [0.2, 0.25) is 0 Å². The number of rotatable bonds is 4. The van der Waals surface area contributed by atoms with E-state index in [-0.39, 0.29) is 11.8 Å². The van der Waals surface area contributed by atoms with E-state index in [2.05, 4.69) is 10.6 Å². The summed E-state index contributed by atoms with van der Waals surface area (Å²) < 4.78 is 0. The van der Waals surface area contributed by atoms with Crippen LogP contribution < -0.4 is 16.4 Å². The van der Waals surface area contributed by atoms with Crippen LogP contribution in [0.5, 0.6) is 0 Å². The van der Waals surface area contributed by atoms with Crippen molar-refractivity contribution in [1.82, 2.24) is 5.32 Å². The Morgan fingerprint density at radius 3 is 2.30 bits per heavy atom. The van der Waals surface area contributed by atoms with Gasteiger partial charge in [0.2, 0.25) is 5.91 Å². The minimum atomic E-state index is -0.706. The summed E-state index contributed by atoms with van der Waals surface area (Å²) >= 11 is 0. The molecular weight excluding hydrogens is 254 g/mol. The molecule has 0 saturated heterocycles. The highest BCUT2D eigenvalue weighted by atomic mass is 16.2. The lowest BCUT2D eigenvalue weighted by atomic mass is 9.77. The average molecular weight is 273 g/mol. The zero-order valence-corrected chi connectivity index (χ0v) is 11.3. The molecule has 2 fully saturated rings. The van der Waals surface area contributed by atoms with Crippen LogP contribution in [0.15, 0.2) is 24.3 Å². The van der Waals surface area contributed by atoms with Crippen molar-refractivity contribution in [2.75, 3.05) is 5.32 Å². The molecule has 2 aliphatic carbocycles. The highest BCUT2D eigenvalue weighted by Crippen LogP contribution is 2.30. The first kappa shape index (κ1) is 13.1. The van der Waals surface area contributed by atoms with Gasteiger partial charge in [-0.1, -0.05) is 0 Å². The van der Waals surface area contributed by atoms with Crippen LogP contribution in [0, 0.1) is 0 Å². The van der Waals surface area contributed by atoms with E-state index in [1.807, 2.05) is 0 Å². The molecule has 2 aliphatic rings. The van der Waals surface area contributed by atoms with Crippen LogP contribution in [-0.2, 0) is 4.79 Å². The quantitative estimate of drug-likeness (QED) is 0.775. The minimum Gasteiger partial charge on any atom is -0.349 e. The van der Waals surface area contributed by atoms with Crippen LogP contribution >= 0.6 is 0 Å². The molecular formula is C15H19N3O2. The lowest BCUT2D eigenvalue weighted by Gasteiger charge is -2.36. The van der Waals surface area contributed by atoms with Crippen molar-refractivity contribution in [3.63, 3.8) is 0 Å². The Morgan fingerprint density at radius 2 is 1.80 bits per heavy atom. The van der Waals surface area contributed by atoms with Crippen molar-refractivity contribution < 1.29 is 9.59 Å². The van der Waals surface area contributed by atoms with E-state index in [0.717, 1.165) is 32.1 Å². The van der Waals surface area contributed by atoms with Gasteiger partial charge in [0, 0.05) is 17.3 Å². The molecule has 0 atom stereocenters. The Labute approximate surface area is 117 Å². The van der Waals surface area contributed by atoms with Gasteiger partial charge in [0.25, 0.3) is 5.91 Å². The number of nitrogens with one attached hydrogen (secondary N) is 2. The van der Waals surface area contributed by atoms with Crippen molar-refractivity contribution in [3.8, 4) is 0 Å². The monoisotopic (exact) mass is 273 g/mol. The minimum absolute atomic E-state index is 0.0559. The maximum absolute atomic E-state index is 12.0. The van der Waals surface area contributed by atoms with Crippen molar-refractivity contribution in [2.45, 2.75) is 43.7 Å². The maximum atomic E-state index is 12.0. The number of carbonyl (C=O) groups is 2. The molecule has 0 radical (unpaired) electrons. The molecule has 0 heterocycles. The van der Waals surface area contributed by atoms with Gasteiger partial charge in [-0.15, -0.1) is 0 Å². The van der Waals surface area contributed by atoms with Crippen LogP contribution in [-0.4, -0.2) is 23.4 Å². The molecule has 106 valence electrons. The van der Waals surface area contributed by atoms with Gasteiger partial charge in [-0.25, -0.2) is 0 Å². The number of hydrogen-bond acceptors (Lipinski definition) is 3. The Balaban J connectivity index is 1.60. The smallest absolute Gasteiger partial charge is 0.251 e. The second-order valence-corrected chi connectivity index (χ2v) is 5.79. The Hall–Kier alpha value is -1.88. The third-order valence-corrected chi connectivity index (χ3v) is 4.02. The number of carbonyl (C=O) groups excluding carboxylic acids is 2. The van der Waals surface area contributed by atoms with Crippen LogP contribution in [0.3, 0.4) is 0 Å². The molecule has 5 nitrogen and oxygen atoms in total. The first-order chi connectivity index (χ1) is 9.57. The molecule has 0 spiro atoms. The Kier molecular flexibility index (Phi) is 3.22. The topological polar surface area (TPSA) is 84.2 Å².